The monoisotopic (exact) mass is 217 g/mol. The Kier molecular flexibility index (Phi) is 3.57. The van der Waals surface area contributed by atoms with E-state index in [1.165, 1.54) is 5.56 Å². The van der Waals surface area contributed by atoms with Crippen molar-refractivity contribution in [2.45, 2.75) is 19.4 Å². The van der Waals surface area contributed by atoms with Gasteiger partial charge in [0.2, 0.25) is 0 Å². The standard InChI is InChI=1S/C13H19N3/c1-10(7-11-5-3-2-4-6-11)13-15-9-12(8-14)16-13/h2-6,10,12H,7-9,14H2,1H3,(H,15,16). The van der Waals surface area contributed by atoms with Crippen molar-refractivity contribution in [3.8, 4) is 0 Å². The summed E-state index contributed by atoms with van der Waals surface area (Å²) in [6, 6.07) is 10.9. The van der Waals surface area contributed by atoms with Crippen LogP contribution in [0.15, 0.2) is 35.3 Å². The molecule has 1 heterocycles. The van der Waals surface area contributed by atoms with Crippen LogP contribution >= 0.6 is 0 Å². The van der Waals surface area contributed by atoms with Crippen molar-refractivity contribution in [3.05, 3.63) is 35.9 Å². The largest absolute Gasteiger partial charge is 0.368 e. The zero-order valence-electron chi connectivity index (χ0n) is 9.69. The summed E-state index contributed by atoms with van der Waals surface area (Å²) in [5.41, 5.74) is 6.97. The minimum atomic E-state index is 0.341. The number of aliphatic imine (C=N–C) groups is 1. The molecule has 0 saturated heterocycles. The summed E-state index contributed by atoms with van der Waals surface area (Å²) in [7, 11) is 0. The highest BCUT2D eigenvalue weighted by molar-refractivity contribution is 5.86. The van der Waals surface area contributed by atoms with Gasteiger partial charge in [0.1, 0.15) is 0 Å². The topological polar surface area (TPSA) is 50.4 Å². The van der Waals surface area contributed by atoms with Gasteiger partial charge in [-0.15, -0.1) is 0 Å². The molecule has 2 rings (SSSR count). The Morgan fingerprint density at radius 1 is 1.44 bits per heavy atom. The van der Waals surface area contributed by atoms with Gasteiger partial charge in [-0.2, -0.15) is 0 Å². The minimum Gasteiger partial charge on any atom is -0.368 e. The average molecular weight is 217 g/mol. The smallest absolute Gasteiger partial charge is 0.0999 e. The summed E-state index contributed by atoms with van der Waals surface area (Å²) in [4.78, 5) is 4.51. The highest BCUT2D eigenvalue weighted by atomic mass is 15.1. The molecule has 0 amide bonds. The molecule has 1 aliphatic heterocycles. The summed E-state index contributed by atoms with van der Waals surface area (Å²) >= 11 is 0. The lowest BCUT2D eigenvalue weighted by Gasteiger charge is -2.14. The lowest BCUT2D eigenvalue weighted by Crippen LogP contribution is -2.39. The van der Waals surface area contributed by atoms with E-state index < -0.39 is 0 Å². The second kappa shape index (κ2) is 5.12. The van der Waals surface area contributed by atoms with Crippen molar-refractivity contribution in [2.75, 3.05) is 13.1 Å². The number of nitrogens with zero attached hydrogens (tertiary/aromatic N) is 1. The van der Waals surface area contributed by atoms with Crippen molar-refractivity contribution in [3.63, 3.8) is 0 Å². The third-order valence-corrected chi connectivity index (χ3v) is 2.97. The molecule has 0 aliphatic carbocycles. The maximum absolute atomic E-state index is 5.61. The molecule has 1 aliphatic rings. The zero-order valence-corrected chi connectivity index (χ0v) is 9.69. The van der Waals surface area contributed by atoms with E-state index in [4.69, 9.17) is 5.73 Å². The van der Waals surface area contributed by atoms with E-state index in [-0.39, 0.29) is 0 Å². The molecule has 2 atom stereocenters. The fourth-order valence-corrected chi connectivity index (χ4v) is 2.00. The Bertz CT molecular complexity index is 359. The molecule has 3 N–H and O–H groups in total. The molecule has 0 radical (unpaired) electrons. The summed E-state index contributed by atoms with van der Waals surface area (Å²) < 4.78 is 0. The first-order chi connectivity index (χ1) is 7.79. The first kappa shape index (κ1) is 11.1. The number of rotatable bonds is 4. The molecule has 3 nitrogen and oxygen atoms in total. The van der Waals surface area contributed by atoms with Crippen molar-refractivity contribution >= 4 is 5.84 Å². The molecule has 86 valence electrons. The van der Waals surface area contributed by atoms with E-state index >= 15 is 0 Å². The summed E-state index contributed by atoms with van der Waals surface area (Å²) in [6.07, 6.45) is 1.03. The molecule has 0 fully saturated rings. The predicted octanol–water partition coefficient (Wildman–Crippen LogP) is 1.19. The summed E-state index contributed by atoms with van der Waals surface area (Å²) in [6.45, 7) is 3.69. The van der Waals surface area contributed by atoms with Gasteiger partial charge in [-0.25, -0.2) is 0 Å². The van der Waals surface area contributed by atoms with Crippen molar-refractivity contribution < 1.29 is 0 Å². The third-order valence-electron chi connectivity index (χ3n) is 2.97. The van der Waals surface area contributed by atoms with Crippen LogP contribution in [0.1, 0.15) is 12.5 Å². The Morgan fingerprint density at radius 3 is 2.81 bits per heavy atom. The second-order valence-corrected chi connectivity index (χ2v) is 4.39. The lowest BCUT2D eigenvalue weighted by molar-refractivity contribution is 0.648. The molecule has 0 bridgehead atoms. The fourth-order valence-electron chi connectivity index (χ4n) is 2.00. The van der Waals surface area contributed by atoms with E-state index in [0.717, 1.165) is 18.8 Å². The van der Waals surface area contributed by atoms with Crippen LogP contribution in [0, 0.1) is 5.92 Å². The minimum absolute atomic E-state index is 0.341. The van der Waals surface area contributed by atoms with Gasteiger partial charge in [0.25, 0.3) is 0 Å². The highest BCUT2D eigenvalue weighted by Gasteiger charge is 2.20. The van der Waals surface area contributed by atoms with Crippen LogP contribution in [0.25, 0.3) is 0 Å². The van der Waals surface area contributed by atoms with Crippen molar-refractivity contribution in [1.82, 2.24) is 5.32 Å². The van der Waals surface area contributed by atoms with Crippen LogP contribution in [-0.4, -0.2) is 25.0 Å². The molecule has 16 heavy (non-hydrogen) atoms. The van der Waals surface area contributed by atoms with Gasteiger partial charge in [0.15, 0.2) is 0 Å². The number of hydrogen-bond donors (Lipinski definition) is 2. The van der Waals surface area contributed by atoms with Crippen LogP contribution in [0.4, 0.5) is 0 Å². The summed E-state index contributed by atoms with van der Waals surface area (Å²) in [5, 5.41) is 3.39. The van der Waals surface area contributed by atoms with Crippen LogP contribution in [0.3, 0.4) is 0 Å². The average Bonchev–Trinajstić information content (AvgIpc) is 2.79. The van der Waals surface area contributed by atoms with Crippen molar-refractivity contribution in [1.29, 1.82) is 0 Å². The van der Waals surface area contributed by atoms with Gasteiger partial charge in [0.05, 0.1) is 18.4 Å². The number of amidine groups is 1. The van der Waals surface area contributed by atoms with E-state index in [1.807, 2.05) is 6.07 Å². The number of nitrogens with two attached hydrogens (primary N) is 1. The van der Waals surface area contributed by atoms with E-state index in [9.17, 15) is 0 Å². The Morgan fingerprint density at radius 2 is 2.19 bits per heavy atom. The Hall–Kier alpha value is -1.35. The molecule has 1 aromatic rings. The fraction of sp³-hybridized carbons (Fsp3) is 0.462. The zero-order chi connectivity index (χ0) is 11.4. The lowest BCUT2D eigenvalue weighted by atomic mass is 10.00. The Labute approximate surface area is 96.8 Å². The quantitative estimate of drug-likeness (QED) is 0.796. The van der Waals surface area contributed by atoms with Gasteiger partial charge >= 0.3 is 0 Å². The van der Waals surface area contributed by atoms with Crippen LogP contribution in [0.2, 0.25) is 0 Å². The molecule has 3 heteroatoms. The van der Waals surface area contributed by atoms with Gasteiger partial charge in [-0.3, -0.25) is 4.99 Å². The van der Waals surface area contributed by atoms with Gasteiger partial charge in [-0.05, 0) is 12.0 Å². The van der Waals surface area contributed by atoms with Crippen molar-refractivity contribution in [2.24, 2.45) is 16.6 Å². The molecule has 0 spiro atoms. The van der Waals surface area contributed by atoms with E-state index in [1.54, 1.807) is 0 Å². The maximum atomic E-state index is 5.61. The van der Waals surface area contributed by atoms with Crippen LogP contribution < -0.4 is 11.1 Å². The second-order valence-electron chi connectivity index (χ2n) is 4.39. The van der Waals surface area contributed by atoms with Gasteiger partial charge in [0, 0.05) is 12.5 Å². The molecule has 0 aromatic heterocycles. The SMILES string of the molecule is CC(Cc1ccccc1)C1=NCC(CN)N1. The molecule has 2 unspecified atom stereocenters. The number of benzene rings is 1. The normalized spacial score (nSPS) is 21.4. The maximum Gasteiger partial charge on any atom is 0.0999 e. The number of nitrogens with one attached hydrogen (secondary N) is 1. The van der Waals surface area contributed by atoms with Gasteiger partial charge in [-0.1, -0.05) is 37.3 Å². The Balaban J connectivity index is 1.92. The van der Waals surface area contributed by atoms with E-state index in [2.05, 4.69) is 41.5 Å². The molecule has 0 saturated carbocycles. The predicted molar refractivity (Wildman–Crippen MR) is 67.6 cm³/mol. The molecular weight excluding hydrogens is 198 g/mol. The third kappa shape index (κ3) is 2.61. The van der Waals surface area contributed by atoms with Crippen LogP contribution in [-0.2, 0) is 6.42 Å². The number of hydrogen-bond acceptors (Lipinski definition) is 3. The van der Waals surface area contributed by atoms with Gasteiger partial charge < -0.3 is 11.1 Å². The van der Waals surface area contributed by atoms with E-state index in [0.29, 0.717) is 18.5 Å². The first-order valence-corrected chi connectivity index (χ1v) is 5.84. The first-order valence-electron chi connectivity index (χ1n) is 5.84. The van der Waals surface area contributed by atoms with Crippen LogP contribution in [0.5, 0.6) is 0 Å². The molecular formula is C13H19N3. The highest BCUT2D eigenvalue weighted by Crippen LogP contribution is 2.11. The molecule has 1 aromatic carbocycles. The summed E-state index contributed by atoms with van der Waals surface area (Å²) in [5.74, 6) is 1.55.